The van der Waals surface area contributed by atoms with Crippen LogP contribution in [0.3, 0.4) is 0 Å². The van der Waals surface area contributed by atoms with Crippen molar-refractivity contribution < 1.29 is 22.6 Å². The van der Waals surface area contributed by atoms with E-state index < -0.39 is 11.7 Å². The molecule has 5 nitrogen and oxygen atoms in total. The smallest absolute Gasteiger partial charge is 0.382 e. The van der Waals surface area contributed by atoms with Crippen molar-refractivity contribution in [2.45, 2.75) is 19.5 Å². The number of halogens is 4. The van der Waals surface area contributed by atoms with Crippen molar-refractivity contribution in [2.75, 3.05) is 46.6 Å². The Labute approximate surface area is 169 Å². The molecule has 0 spiro atoms. The van der Waals surface area contributed by atoms with E-state index in [4.69, 9.17) is 9.47 Å². The number of hydrogen-bond acceptors (Lipinski definition) is 3. The summed E-state index contributed by atoms with van der Waals surface area (Å²) in [7, 11) is 1.62. The Bertz CT molecular complexity index is 511. The van der Waals surface area contributed by atoms with Gasteiger partial charge in [0.25, 0.3) is 0 Å². The topological polar surface area (TPSA) is 54.9 Å². The van der Waals surface area contributed by atoms with Crippen LogP contribution in [0.5, 0.6) is 0 Å². The molecular formula is C17H27F3IN3O2. The first-order chi connectivity index (χ1) is 12.0. The largest absolute Gasteiger partial charge is 0.416 e. The maximum absolute atomic E-state index is 12.5. The van der Waals surface area contributed by atoms with Gasteiger partial charge in [0.2, 0.25) is 0 Å². The Morgan fingerprint density at radius 3 is 2.35 bits per heavy atom. The standard InChI is InChI=1S/C17H26F3N3O2.HI/c1-3-21-16(23-10-11-25-13-12-24-2)22-9-8-14-4-6-15(7-5-14)17(18,19)20;/h4-7H,3,8-13H2,1-2H3,(H2,21,22,23);1H. The fourth-order valence-corrected chi connectivity index (χ4v) is 1.99. The van der Waals surface area contributed by atoms with E-state index in [1.54, 1.807) is 7.11 Å². The van der Waals surface area contributed by atoms with Crippen LogP contribution in [0, 0.1) is 0 Å². The van der Waals surface area contributed by atoms with E-state index in [2.05, 4.69) is 15.6 Å². The molecule has 1 rings (SSSR count). The summed E-state index contributed by atoms with van der Waals surface area (Å²) in [5, 5.41) is 6.26. The van der Waals surface area contributed by atoms with Gasteiger partial charge in [-0.3, -0.25) is 4.99 Å². The van der Waals surface area contributed by atoms with Gasteiger partial charge in [-0.25, -0.2) is 0 Å². The van der Waals surface area contributed by atoms with Gasteiger partial charge in [0.15, 0.2) is 5.96 Å². The molecule has 1 aromatic carbocycles. The zero-order chi connectivity index (χ0) is 18.5. The van der Waals surface area contributed by atoms with E-state index in [9.17, 15) is 13.2 Å². The first kappa shape index (κ1) is 24.9. The predicted molar refractivity (Wildman–Crippen MR) is 107 cm³/mol. The Morgan fingerprint density at radius 2 is 1.77 bits per heavy atom. The average molecular weight is 489 g/mol. The van der Waals surface area contributed by atoms with Crippen LogP contribution in [-0.4, -0.2) is 52.5 Å². The molecule has 0 aliphatic rings. The number of aliphatic imine (C=N–C) groups is 1. The number of guanidine groups is 1. The first-order valence-electron chi connectivity index (χ1n) is 8.22. The summed E-state index contributed by atoms with van der Waals surface area (Å²) in [4.78, 5) is 4.37. The zero-order valence-electron chi connectivity index (χ0n) is 15.1. The highest BCUT2D eigenvalue weighted by Gasteiger charge is 2.29. The molecule has 0 saturated carbocycles. The van der Waals surface area contributed by atoms with Gasteiger partial charge in [0.1, 0.15) is 0 Å². The molecule has 150 valence electrons. The van der Waals surface area contributed by atoms with Crippen LogP contribution in [0.25, 0.3) is 0 Å². The molecular weight excluding hydrogens is 462 g/mol. The van der Waals surface area contributed by atoms with Crippen LogP contribution in [0.1, 0.15) is 18.1 Å². The van der Waals surface area contributed by atoms with Gasteiger partial charge >= 0.3 is 6.18 Å². The minimum Gasteiger partial charge on any atom is -0.382 e. The first-order valence-corrected chi connectivity index (χ1v) is 8.22. The molecule has 0 aromatic heterocycles. The van der Waals surface area contributed by atoms with Crippen LogP contribution >= 0.6 is 24.0 Å². The molecule has 0 aliphatic carbocycles. The predicted octanol–water partition coefficient (Wildman–Crippen LogP) is 3.08. The van der Waals surface area contributed by atoms with Crippen molar-refractivity contribution in [3.05, 3.63) is 35.4 Å². The Hall–Kier alpha value is -1.07. The van der Waals surface area contributed by atoms with Crippen LogP contribution in [0.4, 0.5) is 13.2 Å². The van der Waals surface area contributed by atoms with Crippen LogP contribution in [0.15, 0.2) is 29.3 Å². The van der Waals surface area contributed by atoms with Gasteiger partial charge < -0.3 is 20.1 Å². The Balaban J connectivity index is 0.00000625. The maximum atomic E-state index is 12.5. The average Bonchev–Trinajstić information content (AvgIpc) is 2.57. The second-order valence-electron chi connectivity index (χ2n) is 5.24. The Kier molecular flexibility index (Phi) is 13.5. The minimum atomic E-state index is -4.30. The third kappa shape index (κ3) is 10.8. The number of nitrogens with zero attached hydrogens (tertiary/aromatic N) is 1. The molecule has 9 heteroatoms. The molecule has 0 bridgehead atoms. The van der Waals surface area contributed by atoms with Crippen LogP contribution < -0.4 is 10.6 Å². The Morgan fingerprint density at radius 1 is 1.08 bits per heavy atom. The van der Waals surface area contributed by atoms with E-state index in [1.807, 2.05) is 6.92 Å². The van der Waals surface area contributed by atoms with Gasteiger partial charge in [-0.1, -0.05) is 12.1 Å². The quantitative estimate of drug-likeness (QED) is 0.230. The summed E-state index contributed by atoms with van der Waals surface area (Å²) in [5.41, 5.74) is 0.201. The molecule has 0 saturated heterocycles. The van der Waals surface area contributed by atoms with Crippen molar-refractivity contribution in [1.82, 2.24) is 10.6 Å². The number of ether oxygens (including phenoxy) is 2. The van der Waals surface area contributed by atoms with Gasteiger partial charge in [0.05, 0.1) is 31.9 Å². The summed E-state index contributed by atoms with van der Waals surface area (Å²) in [6.45, 7) is 5.34. The highest BCUT2D eigenvalue weighted by atomic mass is 127. The van der Waals surface area contributed by atoms with Crippen molar-refractivity contribution in [3.63, 3.8) is 0 Å². The second-order valence-corrected chi connectivity index (χ2v) is 5.24. The van der Waals surface area contributed by atoms with Crippen molar-refractivity contribution in [1.29, 1.82) is 0 Å². The molecule has 0 atom stereocenters. The number of benzene rings is 1. The maximum Gasteiger partial charge on any atom is 0.416 e. The van der Waals surface area contributed by atoms with Gasteiger partial charge in [-0.2, -0.15) is 13.2 Å². The normalized spacial score (nSPS) is 11.8. The molecule has 0 heterocycles. The SMILES string of the molecule is CCNC(=NCCOCCOC)NCCc1ccc(C(F)(F)F)cc1.I. The van der Waals surface area contributed by atoms with Crippen LogP contribution in [0.2, 0.25) is 0 Å². The van der Waals surface area contributed by atoms with E-state index >= 15 is 0 Å². The summed E-state index contributed by atoms with van der Waals surface area (Å²) < 4.78 is 47.8. The molecule has 0 radical (unpaired) electrons. The van der Waals surface area contributed by atoms with Crippen molar-refractivity contribution in [2.24, 2.45) is 4.99 Å². The number of hydrogen-bond donors (Lipinski definition) is 2. The highest BCUT2D eigenvalue weighted by molar-refractivity contribution is 14.0. The van der Waals surface area contributed by atoms with Crippen LogP contribution in [-0.2, 0) is 22.1 Å². The monoisotopic (exact) mass is 489 g/mol. The van der Waals surface area contributed by atoms with E-state index in [0.29, 0.717) is 45.3 Å². The highest BCUT2D eigenvalue weighted by Crippen LogP contribution is 2.29. The summed E-state index contributed by atoms with van der Waals surface area (Å²) in [6.07, 6.45) is -3.69. The number of methoxy groups -OCH3 is 1. The van der Waals surface area contributed by atoms with Crippen molar-refractivity contribution in [3.8, 4) is 0 Å². The fraction of sp³-hybridized carbons (Fsp3) is 0.588. The number of alkyl halides is 3. The second kappa shape index (κ2) is 14.0. The lowest BCUT2D eigenvalue weighted by atomic mass is 10.1. The molecule has 0 unspecified atom stereocenters. The minimum absolute atomic E-state index is 0. The third-order valence-corrected chi connectivity index (χ3v) is 3.27. The zero-order valence-corrected chi connectivity index (χ0v) is 17.4. The molecule has 2 N–H and O–H groups in total. The summed E-state index contributed by atoms with van der Waals surface area (Å²) >= 11 is 0. The number of rotatable bonds is 10. The lowest BCUT2D eigenvalue weighted by Crippen LogP contribution is -2.38. The van der Waals surface area contributed by atoms with E-state index in [0.717, 1.165) is 24.2 Å². The number of nitrogens with one attached hydrogen (secondary N) is 2. The molecule has 0 aliphatic heterocycles. The van der Waals surface area contributed by atoms with Gasteiger partial charge in [-0.05, 0) is 31.0 Å². The summed E-state index contributed by atoms with van der Waals surface area (Å²) in [6, 6.07) is 5.20. The fourth-order valence-electron chi connectivity index (χ4n) is 1.99. The van der Waals surface area contributed by atoms with E-state index in [1.165, 1.54) is 12.1 Å². The third-order valence-electron chi connectivity index (χ3n) is 3.27. The van der Waals surface area contributed by atoms with Gasteiger partial charge in [-0.15, -0.1) is 24.0 Å². The summed E-state index contributed by atoms with van der Waals surface area (Å²) in [5.74, 6) is 0.657. The molecule has 26 heavy (non-hydrogen) atoms. The van der Waals surface area contributed by atoms with E-state index in [-0.39, 0.29) is 24.0 Å². The lowest BCUT2D eigenvalue weighted by Gasteiger charge is -2.12. The molecule has 0 fully saturated rings. The molecule has 1 aromatic rings. The lowest BCUT2D eigenvalue weighted by molar-refractivity contribution is -0.137. The van der Waals surface area contributed by atoms with Crippen molar-refractivity contribution >= 4 is 29.9 Å². The van der Waals surface area contributed by atoms with Gasteiger partial charge in [0, 0.05) is 20.2 Å². The molecule has 0 amide bonds.